The molecule has 144 valence electrons. The van der Waals surface area contributed by atoms with E-state index in [1.807, 2.05) is 41.0 Å². The number of benzene rings is 1. The Hall–Kier alpha value is -2.12. The average Bonchev–Trinajstić information content (AvgIpc) is 3.07. The number of aryl methyl sites for hydroxylation is 1. The molecule has 0 bridgehead atoms. The van der Waals surface area contributed by atoms with Crippen molar-refractivity contribution < 1.29 is 4.79 Å². The summed E-state index contributed by atoms with van der Waals surface area (Å²) in [7, 11) is 1.75. The van der Waals surface area contributed by atoms with Gasteiger partial charge in [0.1, 0.15) is 0 Å². The van der Waals surface area contributed by atoms with Crippen LogP contribution in [0.5, 0.6) is 0 Å². The Balaban J connectivity index is 1.49. The van der Waals surface area contributed by atoms with Gasteiger partial charge in [-0.05, 0) is 24.6 Å². The summed E-state index contributed by atoms with van der Waals surface area (Å²) in [5, 5.41) is 7.21. The molecule has 6 nitrogen and oxygen atoms in total. The highest BCUT2D eigenvalue weighted by Gasteiger charge is 2.25. The summed E-state index contributed by atoms with van der Waals surface area (Å²) in [5.41, 5.74) is 2.17. The topological polar surface area (TPSA) is 60.8 Å². The fourth-order valence-corrected chi connectivity index (χ4v) is 3.80. The van der Waals surface area contributed by atoms with E-state index in [4.69, 9.17) is 11.6 Å². The van der Waals surface area contributed by atoms with Gasteiger partial charge in [0, 0.05) is 50.1 Å². The van der Waals surface area contributed by atoms with Crippen molar-refractivity contribution in [1.29, 1.82) is 0 Å². The Kier molecular flexibility index (Phi) is 6.68. The van der Waals surface area contributed by atoms with Crippen LogP contribution < -0.4 is 5.32 Å². The number of piperazine rings is 1. The minimum absolute atomic E-state index is 0.106. The fraction of sp³-hybridized carbons (Fsp3) is 0.421. The van der Waals surface area contributed by atoms with Gasteiger partial charge in [0.25, 0.3) is 0 Å². The number of thiazole rings is 1. The van der Waals surface area contributed by atoms with Gasteiger partial charge in [0.15, 0.2) is 5.96 Å². The van der Waals surface area contributed by atoms with Crippen molar-refractivity contribution in [3.8, 4) is 0 Å². The largest absolute Gasteiger partial charge is 0.356 e. The molecular weight excluding hydrogens is 382 g/mol. The normalized spacial score (nSPS) is 15.4. The van der Waals surface area contributed by atoms with E-state index >= 15 is 0 Å². The van der Waals surface area contributed by atoms with Gasteiger partial charge in [-0.1, -0.05) is 23.7 Å². The van der Waals surface area contributed by atoms with Crippen LogP contribution in [-0.4, -0.2) is 59.9 Å². The van der Waals surface area contributed by atoms with Crippen LogP contribution in [0, 0.1) is 6.92 Å². The van der Waals surface area contributed by atoms with Crippen molar-refractivity contribution >= 4 is 34.8 Å². The van der Waals surface area contributed by atoms with Crippen molar-refractivity contribution in [1.82, 2.24) is 20.1 Å². The molecule has 1 aliphatic rings. The summed E-state index contributed by atoms with van der Waals surface area (Å²) in [6.45, 7) is 5.13. The number of nitrogens with zero attached hydrogens (tertiary/aromatic N) is 4. The summed E-state index contributed by atoms with van der Waals surface area (Å²) in [6.07, 6.45) is 0.841. The number of hydrogen-bond acceptors (Lipinski definition) is 4. The van der Waals surface area contributed by atoms with Gasteiger partial charge in [0.05, 0.1) is 17.2 Å². The van der Waals surface area contributed by atoms with E-state index in [-0.39, 0.29) is 5.91 Å². The Labute approximate surface area is 168 Å². The Morgan fingerprint density at radius 3 is 2.74 bits per heavy atom. The molecule has 1 saturated heterocycles. The van der Waals surface area contributed by atoms with Crippen LogP contribution in [0.4, 0.5) is 0 Å². The van der Waals surface area contributed by atoms with Gasteiger partial charge in [-0.2, -0.15) is 0 Å². The molecule has 0 spiro atoms. The highest BCUT2D eigenvalue weighted by atomic mass is 35.5. The molecule has 1 amide bonds. The quantitative estimate of drug-likeness (QED) is 0.613. The molecule has 3 rings (SSSR count). The average molecular weight is 406 g/mol. The zero-order chi connectivity index (χ0) is 19.2. The zero-order valence-electron chi connectivity index (χ0n) is 15.6. The van der Waals surface area contributed by atoms with Crippen molar-refractivity contribution in [2.75, 3.05) is 33.2 Å². The molecule has 1 aromatic heterocycles. The molecule has 2 heterocycles. The van der Waals surface area contributed by atoms with Gasteiger partial charge < -0.3 is 15.1 Å². The maximum Gasteiger partial charge on any atom is 0.242 e. The minimum Gasteiger partial charge on any atom is -0.356 e. The number of rotatable bonds is 5. The lowest BCUT2D eigenvalue weighted by Crippen LogP contribution is -2.55. The van der Waals surface area contributed by atoms with Gasteiger partial charge >= 0.3 is 0 Å². The van der Waals surface area contributed by atoms with E-state index in [0.717, 1.165) is 41.7 Å². The molecule has 0 radical (unpaired) electrons. The first kappa shape index (κ1) is 19.6. The second kappa shape index (κ2) is 9.19. The van der Waals surface area contributed by atoms with Crippen LogP contribution in [0.2, 0.25) is 5.02 Å². The molecule has 8 heteroatoms. The Morgan fingerprint density at radius 2 is 2.11 bits per heavy atom. The summed E-state index contributed by atoms with van der Waals surface area (Å²) < 4.78 is 0. The monoisotopic (exact) mass is 405 g/mol. The lowest BCUT2D eigenvalue weighted by atomic mass is 10.2. The Bertz CT molecular complexity index is 805. The number of nitrogens with one attached hydrogen (secondary N) is 1. The third kappa shape index (κ3) is 5.43. The summed E-state index contributed by atoms with van der Waals surface area (Å²) in [6, 6.07) is 7.63. The van der Waals surface area contributed by atoms with Crippen molar-refractivity contribution in [2.24, 2.45) is 4.99 Å². The number of aliphatic imine (C=N–C) groups is 1. The van der Waals surface area contributed by atoms with Gasteiger partial charge in [0.2, 0.25) is 5.91 Å². The Morgan fingerprint density at radius 1 is 1.33 bits per heavy atom. The number of hydrogen-bond donors (Lipinski definition) is 1. The molecular formula is C19H24ClN5OS. The predicted molar refractivity (Wildman–Crippen MR) is 110 cm³/mol. The van der Waals surface area contributed by atoms with Gasteiger partial charge in [-0.25, -0.2) is 4.98 Å². The molecule has 0 aliphatic carbocycles. The zero-order valence-corrected chi connectivity index (χ0v) is 17.2. The number of halogens is 1. The molecule has 0 atom stereocenters. The number of carbonyl (C=O) groups is 1. The van der Waals surface area contributed by atoms with Crippen LogP contribution in [0.25, 0.3) is 0 Å². The molecule has 0 saturated carbocycles. The molecule has 0 unspecified atom stereocenters. The fourth-order valence-electron chi connectivity index (χ4n) is 3.02. The first-order valence-corrected chi connectivity index (χ1v) is 10.2. The van der Waals surface area contributed by atoms with Crippen LogP contribution in [0.3, 0.4) is 0 Å². The van der Waals surface area contributed by atoms with E-state index in [1.54, 1.807) is 18.4 Å². The molecule has 1 fully saturated rings. The lowest BCUT2D eigenvalue weighted by Gasteiger charge is -2.36. The maximum absolute atomic E-state index is 12.6. The highest BCUT2D eigenvalue weighted by Crippen LogP contribution is 2.14. The summed E-state index contributed by atoms with van der Waals surface area (Å²) in [5.74, 6) is 0.871. The van der Waals surface area contributed by atoms with E-state index in [0.29, 0.717) is 24.7 Å². The van der Waals surface area contributed by atoms with Crippen LogP contribution in [0.1, 0.15) is 16.3 Å². The number of aromatic nitrogens is 1. The van der Waals surface area contributed by atoms with Crippen LogP contribution >= 0.6 is 22.9 Å². The molecule has 2 aromatic rings. The maximum atomic E-state index is 12.6. The minimum atomic E-state index is 0.106. The number of guanidine groups is 1. The second-order valence-corrected chi connectivity index (χ2v) is 7.94. The predicted octanol–water partition coefficient (Wildman–Crippen LogP) is 2.57. The highest BCUT2D eigenvalue weighted by molar-refractivity contribution is 7.09. The van der Waals surface area contributed by atoms with Crippen molar-refractivity contribution in [2.45, 2.75) is 19.9 Å². The second-order valence-electron chi connectivity index (χ2n) is 6.45. The van der Waals surface area contributed by atoms with Crippen LogP contribution in [0.15, 0.2) is 34.6 Å². The molecule has 1 aromatic carbocycles. The van der Waals surface area contributed by atoms with E-state index in [1.165, 1.54) is 0 Å². The van der Waals surface area contributed by atoms with Gasteiger partial charge in [-0.15, -0.1) is 11.3 Å². The standard InChI is InChI=1S/C19H24ClN5OS/c1-14-23-17(13-27-14)7-8-22-19(21-2)25-10-9-24(18(26)12-25)11-15-3-5-16(20)6-4-15/h3-6,13H,7-12H2,1-2H3,(H,21,22). The third-order valence-electron chi connectivity index (χ3n) is 4.45. The smallest absolute Gasteiger partial charge is 0.242 e. The third-order valence-corrected chi connectivity index (χ3v) is 5.52. The summed E-state index contributed by atoms with van der Waals surface area (Å²) in [4.78, 5) is 25.2. The molecule has 1 N–H and O–H groups in total. The van der Waals surface area contributed by atoms with E-state index in [2.05, 4.69) is 20.7 Å². The summed E-state index contributed by atoms with van der Waals surface area (Å²) >= 11 is 7.59. The van der Waals surface area contributed by atoms with Crippen molar-refractivity contribution in [3.63, 3.8) is 0 Å². The SMILES string of the molecule is CN=C(NCCc1csc(C)n1)N1CCN(Cc2ccc(Cl)cc2)C(=O)C1. The first-order chi connectivity index (χ1) is 13.0. The van der Waals surface area contributed by atoms with Crippen LogP contribution in [-0.2, 0) is 17.8 Å². The number of amides is 1. The molecule has 27 heavy (non-hydrogen) atoms. The molecule has 1 aliphatic heterocycles. The van der Waals surface area contributed by atoms with E-state index < -0.39 is 0 Å². The van der Waals surface area contributed by atoms with E-state index in [9.17, 15) is 4.79 Å². The van der Waals surface area contributed by atoms with Gasteiger partial charge in [-0.3, -0.25) is 9.79 Å². The lowest BCUT2D eigenvalue weighted by molar-refractivity contribution is -0.135. The first-order valence-electron chi connectivity index (χ1n) is 8.94. The number of carbonyl (C=O) groups excluding carboxylic acids is 1. The van der Waals surface area contributed by atoms with Crippen molar-refractivity contribution in [3.05, 3.63) is 50.9 Å².